The molecule has 0 amide bonds. The first-order valence-electron chi connectivity index (χ1n) is 11.7. The zero-order chi connectivity index (χ0) is 21.9. The fourth-order valence-electron chi connectivity index (χ4n) is 4.82. The summed E-state index contributed by atoms with van der Waals surface area (Å²) in [7, 11) is 0. The van der Waals surface area contributed by atoms with Crippen LogP contribution in [0.2, 0.25) is 0 Å². The quantitative estimate of drug-likeness (QED) is 0.352. The normalized spacial score (nSPS) is 14.6. The van der Waals surface area contributed by atoms with Crippen LogP contribution in [0.4, 0.5) is 11.5 Å². The van der Waals surface area contributed by atoms with Crippen molar-refractivity contribution in [3.8, 4) is 5.75 Å². The molecule has 0 bridgehead atoms. The van der Waals surface area contributed by atoms with Gasteiger partial charge in [0.2, 0.25) is 0 Å². The minimum atomic E-state index is 0.484. The SMILES string of the molecule is Cc1cccc(C)c1Nc1c(C2CCCCC2)nc2c(OCc3ccccc3)cccn12. The summed E-state index contributed by atoms with van der Waals surface area (Å²) in [5.41, 5.74) is 6.86. The summed E-state index contributed by atoms with van der Waals surface area (Å²) >= 11 is 0. The zero-order valence-electron chi connectivity index (χ0n) is 19.0. The average Bonchev–Trinajstić information content (AvgIpc) is 3.20. The second-order valence-corrected chi connectivity index (χ2v) is 8.91. The zero-order valence-corrected chi connectivity index (χ0v) is 19.0. The first-order valence-corrected chi connectivity index (χ1v) is 11.7. The largest absolute Gasteiger partial charge is 0.485 e. The van der Waals surface area contributed by atoms with Gasteiger partial charge in [0.25, 0.3) is 0 Å². The van der Waals surface area contributed by atoms with Crippen LogP contribution in [0.15, 0.2) is 66.9 Å². The van der Waals surface area contributed by atoms with Gasteiger partial charge in [0.15, 0.2) is 11.4 Å². The van der Waals surface area contributed by atoms with Crippen LogP contribution in [0, 0.1) is 13.8 Å². The standard InChI is InChI=1S/C28H31N3O/c1-20-11-9-12-21(2)25(20)29-28-26(23-15-7-4-8-16-23)30-27-24(17-10-18-31(27)28)32-19-22-13-5-3-6-14-22/h3,5-6,9-14,17-18,23,29H,4,7-8,15-16,19H2,1-2H3. The molecule has 0 saturated heterocycles. The monoisotopic (exact) mass is 425 g/mol. The highest BCUT2D eigenvalue weighted by molar-refractivity contribution is 5.71. The van der Waals surface area contributed by atoms with Crippen molar-refractivity contribution in [1.82, 2.24) is 9.38 Å². The van der Waals surface area contributed by atoms with Crippen molar-refractivity contribution >= 4 is 17.2 Å². The number of anilines is 2. The Morgan fingerprint density at radius 3 is 2.41 bits per heavy atom. The Bertz CT molecular complexity index is 1190. The molecule has 4 nitrogen and oxygen atoms in total. The molecule has 4 heteroatoms. The van der Waals surface area contributed by atoms with Crippen LogP contribution in [-0.4, -0.2) is 9.38 Å². The Morgan fingerprint density at radius 1 is 0.906 bits per heavy atom. The molecule has 1 aliphatic carbocycles. The predicted molar refractivity (Wildman–Crippen MR) is 131 cm³/mol. The van der Waals surface area contributed by atoms with E-state index < -0.39 is 0 Å². The van der Waals surface area contributed by atoms with Gasteiger partial charge in [0.05, 0.1) is 5.69 Å². The fraction of sp³-hybridized carbons (Fsp3) is 0.321. The Hall–Kier alpha value is -3.27. The summed E-state index contributed by atoms with van der Waals surface area (Å²) in [6.07, 6.45) is 8.38. The van der Waals surface area contributed by atoms with Gasteiger partial charge in [-0.15, -0.1) is 0 Å². The van der Waals surface area contributed by atoms with Crippen molar-refractivity contribution < 1.29 is 4.74 Å². The third-order valence-corrected chi connectivity index (χ3v) is 6.59. The van der Waals surface area contributed by atoms with E-state index in [0.717, 1.165) is 22.8 Å². The molecule has 5 rings (SSSR count). The van der Waals surface area contributed by atoms with Gasteiger partial charge in [-0.25, -0.2) is 4.98 Å². The van der Waals surface area contributed by atoms with Crippen LogP contribution in [0.5, 0.6) is 5.75 Å². The minimum absolute atomic E-state index is 0.484. The summed E-state index contributed by atoms with van der Waals surface area (Å²) < 4.78 is 8.42. The molecule has 2 heterocycles. The van der Waals surface area contributed by atoms with E-state index in [-0.39, 0.29) is 0 Å². The third-order valence-electron chi connectivity index (χ3n) is 6.59. The summed E-state index contributed by atoms with van der Waals surface area (Å²) in [5.74, 6) is 2.38. The highest BCUT2D eigenvalue weighted by atomic mass is 16.5. The summed E-state index contributed by atoms with van der Waals surface area (Å²) in [5, 5.41) is 3.78. The second-order valence-electron chi connectivity index (χ2n) is 8.91. The van der Waals surface area contributed by atoms with E-state index in [4.69, 9.17) is 9.72 Å². The lowest BCUT2D eigenvalue weighted by Crippen LogP contribution is -2.08. The average molecular weight is 426 g/mol. The topological polar surface area (TPSA) is 38.6 Å². The van der Waals surface area contributed by atoms with Crippen molar-refractivity contribution in [2.24, 2.45) is 0 Å². The lowest BCUT2D eigenvalue weighted by atomic mass is 9.87. The Labute approximate surface area is 190 Å². The number of pyridine rings is 1. The third kappa shape index (κ3) is 4.10. The van der Waals surface area contributed by atoms with Crippen LogP contribution >= 0.6 is 0 Å². The van der Waals surface area contributed by atoms with Crippen LogP contribution < -0.4 is 10.1 Å². The number of aromatic nitrogens is 2. The molecule has 0 atom stereocenters. The molecule has 0 unspecified atom stereocenters. The number of para-hydroxylation sites is 1. The molecule has 32 heavy (non-hydrogen) atoms. The maximum atomic E-state index is 6.25. The van der Waals surface area contributed by atoms with Crippen molar-refractivity contribution in [2.75, 3.05) is 5.32 Å². The number of fused-ring (bicyclic) bond motifs is 1. The molecule has 2 aromatic heterocycles. The molecule has 0 radical (unpaired) electrons. The number of nitrogens with zero attached hydrogens (tertiary/aromatic N) is 2. The molecule has 1 N–H and O–H groups in total. The number of imidazole rings is 1. The number of hydrogen-bond donors (Lipinski definition) is 1. The van der Waals surface area contributed by atoms with Gasteiger partial charge in [0.1, 0.15) is 12.4 Å². The molecule has 164 valence electrons. The maximum Gasteiger partial charge on any atom is 0.181 e. The summed E-state index contributed by atoms with van der Waals surface area (Å²) in [6.45, 7) is 4.85. The van der Waals surface area contributed by atoms with Crippen molar-refractivity contribution in [3.63, 3.8) is 0 Å². The van der Waals surface area contributed by atoms with Gasteiger partial charge in [-0.05, 0) is 55.5 Å². The van der Waals surface area contributed by atoms with Gasteiger partial charge in [-0.1, -0.05) is 67.8 Å². The molecule has 1 saturated carbocycles. The van der Waals surface area contributed by atoms with Gasteiger partial charge in [-0.2, -0.15) is 0 Å². The summed E-state index contributed by atoms with van der Waals surface area (Å²) in [6, 6.07) is 20.8. The Morgan fingerprint density at radius 2 is 1.66 bits per heavy atom. The number of aryl methyl sites for hydroxylation is 2. The van der Waals surface area contributed by atoms with E-state index in [1.807, 2.05) is 24.3 Å². The molecule has 4 aromatic rings. The van der Waals surface area contributed by atoms with Gasteiger partial charge >= 0.3 is 0 Å². The molecule has 1 aliphatic rings. The molecule has 2 aromatic carbocycles. The first kappa shape index (κ1) is 20.6. The van der Waals surface area contributed by atoms with E-state index in [1.165, 1.54) is 54.6 Å². The van der Waals surface area contributed by atoms with E-state index in [1.54, 1.807) is 0 Å². The summed E-state index contributed by atoms with van der Waals surface area (Å²) in [4.78, 5) is 5.18. The number of ether oxygens (including phenoxy) is 1. The Kier molecular flexibility index (Phi) is 5.85. The van der Waals surface area contributed by atoms with E-state index in [0.29, 0.717) is 12.5 Å². The molecule has 0 spiro atoms. The lowest BCUT2D eigenvalue weighted by Gasteiger charge is -2.22. The highest BCUT2D eigenvalue weighted by Gasteiger charge is 2.25. The van der Waals surface area contributed by atoms with Crippen LogP contribution in [0.3, 0.4) is 0 Å². The van der Waals surface area contributed by atoms with Crippen LogP contribution in [-0.2, 0) is 6.61 Å². The maximum absolute atomic E-state index is 6.25. The van der Waals surface area contributed by atoms with Gasteiger partial charge < -0.3 is 10.1 Å². The first-order chi connectivity index (χ1) is 15.7. The van der Waals surface area contributed by atoms with E-state index in [9.17, 15) is 0 Å². The number of benzene rings is 2. The molecule has 1 fully saturated rings. The second kappa shape index (κ2) is 9.07. The van der Waals surface area contributed by atoms with Crippen molar-refractivity contribution in [1.29, 1.82) is 0 Å². The lowest BCUT2D eigenvalue weighted by molar-refractivity contribution is 0.308. The molecule has 0 aliphatic heterocycles. The fourth-order valence-corrected chi connectivity index (χ4v) is 4.82. The van der Waals surface area contributed by atoms with Gasteiger partial charge in [0, 0.05) is 17.8 Å². The predicted octanol–water partition coefficient (Wildman–Crippen LogP) is 7.32. The Balaban J connectivity index is 1.57. The van der Waals surface area contributed by atoms with Crippen molar-refractivity contribution in [2.45, 2.75) is 58.5 Å². The van der Waals surface area contributed by atoms with Crippen molar-refractivity contribution in [3.05, 3.63) is 89.2 Å². The smallest absolute Gasteiger partial charge is 0.181 e. The van der Waals surface area contributed by atoms with Crippen LogP contribution in [0.1, 0.15) is 60.4 Å². The highest BCUT2D eigenvalue weighted by Crippen LogP contribution is 2.39. The number of hydrogen-bond acceptors (Lipinski definition) is 3. The van der Waals surface area contributed by atoms with Crippen LogP contribution in [0.25, 0.3) is 5.65 Å². The van der Waals surface area contributed by atoms with E-state index >= 15 is 0 Å². The minimum Gasteiger partial charge on any atom is -0.485 e. The molecular weight excluding hydrogens is 394 g/mol. The van der Waals surface area contributed by atoms with Gasteiger partial charge in [-0.3, -0.25) is 4.40 Å². The molecular formula is C28H31N3O. The number of rotatable bonds is 6. The van der Waals surface area contributed by atoms with E-state index in [2.05, 4.69) is 66.2 Å². The number of nitrogens with one attached hydrogen (secondary N) is 1.